The molecule has 2 aliphatic rings. The van der Waals surface area contributed by atoms with Crippen molar-refractivity contribution in [1.82, 2.24) is 14.8 Å². The number of nitrogen functional groups attached to an aromatic ring is 1. The molecule has 2 N–H and O–H groups in total. The largest absolute Gasteiger partial charge is 0.390 e. The van der Waals surface area contributed by atoms with Crippen LogP contribution in [0.15, 0.2) is 0 Å². The van der Waals surface area contributed by atoms with Gasteiger partial charge >= 0.3 is 0 Å². The first-order chi connectivity index (χ1) is 9.75. The summed E-state index contributed by atoms with van der Waals surface area (Å²) in [5.41, 5.74) is 8.93. The average Bonchev–Trinajstić information content (AvgIpc) is 3.13. The molecule has 0 spiro atoms. The Kier molecular flexibility index (Phi) is 2.84. The Labute approximate surface area is 123 Å². The highest BCUT2D eigenvalue weighted by Gasteiger charge is 2.29. The number of rotatable bonds is 2. The van der Waals surface area contributed by atoms with E-state index in [-0.39, 0.29) is 0 Å². The molecule has 0 bridgehead atoms. The number of aromatic nitrogens is 3. The maximum atomic E-state index is 6.30. The Hall–Kier alpha value is -1.36. The lowest BCUT2D eigenvalue weighted by atomic mass is 10.1. The lowest BCUT2D eigenvalue weighted by Crippen LogP contribution is -2.09. The summed E-state index contributed by atoms with van der Waals surface area (Å²) in [6.07, 6.45) is 8.72. The minimum atomic E-state index is 0.566. The summed E-state index contributed by atoms with van der Waals surface area (Å²) in [5, 5.41) is 9.76. The number of nitrogens with zero attached hydrogens (tertiary/aromatic N) is 3. The first kappa shape index (κ1) is 12.4. The molecule has 0 unspecified atom stereocenters. The van der Waals surface area contributed by atoms with Crippen molar-refractivity contribution in [2.75, 3.05) is 5.73 Å². The zero-order chi connectivity index (χ0) is 13.7. The summed E-state index contributed by atoms with van der Waals surface area (Å²) in [6.45, 7) is 2.07. The van der Waals surface area contributed by atoms with Crippen molar-refractivity contribution < 1.29 is 0 Å². The van der Waals surface area contributed by atoms with Crippen molar-refractivity contribution in [3.8, 4) is 11.4 Å². The van der Waals surface area contributed by atoms with Crippen LogP contribution in [0.1, 0.15) is 54.4 Å². The van der Waals surface area contributed by atoms with E-state index >= 15 is 0 Å². The second-order valence-electron chi connectivity index (χ2n) is 5.98. The molecule has 2 aliphatic carbocycles. The Morgan fingerprint density at radius 1 is 1.15 bits per heavy atom. The van der Waals surface area contributed by atoms with Gasteiger partial charge in [0.1, 0.15) is 5.82 Å². The summed E-state index contributed by atoms with van der Waals surface area (Å²) < 4.78 is 2.35. The number of hydrogen-bond donors (Lipinski definition) is 1. The van der Waals surface area contributed by atoms with Gasteiger partial charge in [0, 0.05) is 10.9 Å². The van der Waals surface area contributed by atoms with Crippen LogP contribution >= 0.6 is 11.3 Å². The van der Waals surface area contributed by atoms with Crippen LogP contribution in [-0.2, 0) is 12.8 Å². The van der Waals surface area contributed by atoms with E-state index < -0.39 is 0 Å². The number of nitrogens with two attached hydrogens (primary N) is 1. The van der Waals surface area contributed by atoms with E-state index in [2.05, 4.69) is 21.7 Å². The highest BCUT2D eigenvalue weighted by Crippen LogP contribution is 2.44. The van der Waals surface area contributed by atoms with Gasteiger partial charge in [-0.3, -0.25) is 0 Å². The van der Waals surface area contributed by atoms with Gasteiger partial charge in [0.15, 0.2) is 5.82 Å². The SMILES string of the molecule is Cc1nnc(-c2c(N)sc3c2CCC3)n1C1CCCC1. The highest BCUT2D eigenvalue weighted by molar-refractivity contribution is 7.16. The van der Waals surface area contributed by atoms with Gasteiger partial charge in [-0.2, -0.15) is 0 Å². The molecule has 5 heteroatoms. The predicted octanol–water partition coefficient (Wildman–Crippen LogP) is 3.50. The van der Waals surface area contributed by atoms with Crippen molar-refractivity contribution in [2.24, 2.45) is 0 Å². The minimum Gasteiger partial charge on any atom is -0.390 e. The van der Waals surface area contributed by atoms with Gasteiger partial charge in [-0.1, -0.05) is 12.8 Å². The van der Waals surface area contributed by atoms with E-state index in [0.717, 1.165) is 23.1 Å². The van der Waals surface area contributed by atoms with E-state index in [4.69, 9.17) is 5.73 Å². The van der Waals surface area contributed by atoms with Crippen LogP contribution in [-0.4, -0.2) is 14.8 Å². The van der Waals surface area contributed by atoms with Gasteiger partial charge < -0.3 is 10.3 Å². The standard InChI is InChI=1S/C15H20N4S/c1-9-17-18-15(19(9)10-5-2-3-6-10)13-11-7-4-8-12(11)20-14(13)16/h10H,2-8,16H2,1H3. The van der Waals surface area contributed by atoms with Crippen molar-refractivity contribution in [3.05, 3.63) is 16.3 Å². The molecular formula is C15H20N4S. The fraction of sp³-hybridized carbons (Fsp3) is 0.600. The molecule has 4 nitrogen and oxygen atoms in total. The van der Waals surface area contributed by atoms with E-state index in [9.17, 15) is 0 Å². The summed E-state index contributed by atoms with van der Waals surface area (Å²) in [4.78, 5) is 1.47. The second kappa shape index (κ2) is 4.58. The van der Waals surface area contributed by atoms with E-state index in [1.54, 1.807) is 11.3 Å². The number of thiophene rings is 1. The van der Waals surface area contributed by atoms with Crippen LogP contribution in [0.5, 0.6) is 0 Å². The number of hydrogen-bond acceptors (Lipinski definition) is 4. The molecule has 1 saturated carbocycles. The summed E-state index contributed by atoms with van der Waals surface area (Å²) >= 11 is 1.76. The van der Waals surface area contributed by atoms with Crippen LogP contribution in [0.25, 0.3) is 11.4 Å². The summed E-state index contributed by atoms with van der Waals surface area (Å²) in [5.74, 6) is 2.05. The Morgan fingerprint density at radius 2 is 1.95 bits per heavy atom. The molecule has 2 aromatic heterocycles. The number of aryl methyl sites for hydroxylation is 2. The van der Waals surface area contributed by atoms with Gasteiger partial charge in [0.05, 0.1) is 10.6 Å². The fourth-order valence-electron chi connectivity index (χ4n) is 3.81. The normalized spacial score (nSPS) is 18.9. The Bertz CT molecular complexity index is 649. The lowest BCUT2D eigenvalue weighted by Gasteiger charge is -2.16. The van der Waals surface area contributed by atoms with Crippen molar-refractivity contribution >= 4 is 16.3 Å². The van der Waals surface area contributed by atoms with E-state index in [0.29, 0.717) is 6.04 Å². The van der Waals surface area contributed by atoms with Gasteiger partial charge in [-0.15, -0.1) is 21.5 Å². The van der Waals surface area contributed by atoms with Crippen LogP contribution in [0.3, 0.4) is 0 Å². The lowest BCUT2D eigenvalue weighted by molar-refractivity contribution is 0.510. The van der Waals surface area contributed by atoms with Crippen LogP contribution in [0.4, 0.5) is 5.00 Å². The topological polar surface area (TPSA) is 56.7 Å². The van der Waals surface area contributed by atoms with Gasteiger partial charge in [0.25, 0.3) is 0 Å². The van der Waals surface area contributed by atoms with E-state index in [1.165, 1.54) is 54.5 Å². The summed E-state index contributed by atoms with van der Waals surface area (Å²) in [6, 6.07) is 0.566. The average molecular weight is 288 g/mol. The van der Waals surface area contributed by atoms with Crippen LogP contribution in [0, 0.1) is 6.92 Å². The fourth-order valence-corrected chi connectivity index (χ4v) is 4.97. The minimum absolute atomic E-state index is 0.566. The van der Waals surface area contributed by atoms with Gasteiger partial charge in [-0.25, -0.2) is 0 Å². The molecule has 2 aromatic rings. The third-order valence-electron chi connectivity index (χ3n) is 4.73. The Balaban J connectivity index is 1.87. The van der Waals surface area contributed by atoms with Gasteiger partial charge in [-0.05, 0) is 44.6 Å². The van der Waals surface area contributed by atoms with Crippen molar-refractivity contribution in [2.45, 2.75) is 57.9 Å². The second-order valence-corrected chi connectivity index (χ2v) is 7.11. The van der Waals surface area contributed by atoms with Gasteiger partial charge in [0.2, 0.25) is 0 Å². The smallest absolute Gasteiger partial charge is 0.167 e. The molecule has 0 aliphatic heterocycles. The molecular weight excluding hydrogens is 268 g/mol. The molecule has 1 fully saturated rings. The zero-order valence-corrected chi connectivity index (χ0v) is 12.7. The molecule has 2 heterocycles. The van der Waals surface area contributed by atoms with Crippen molar-refractivity contribution in [1.29, 1.82) is 0 Å². The molecule has 0 saturated heterocycles. The number of fused-ring (bicyclic) bond motifs is 1. The van der Waals surface area contributed by atoms with Crippen molar-refractivity contribution in [3.63, 3.8) is 0 Å². The maximum absolute atomic E-state index is 6.30. The molecule has 0 amide bonds. The molecule has 20 heavy (non-hydrogen) atoms. The van der Waals surface area contributed by atoms with Crippen LogP contribution < -0.4 is 5.73 Å². The monoisotopic (exact) mass is 288 g/mol. The highest BCUT2D eigenvalue weighted by atomic mass is 32.1. The molecule has 0 atom stereocenters. The predicted molar refractivity (Wildman–Crippen MR) is 82.0 cm³/mol. The first-order valence-electron chi connectivity index (χ1n) is 7.57. The first-order valence-corrected chi connectivity index (χ1v) is 8.39. The maximum Gasteiger partial charge on any atom is 0.167 e. The third kappa shape index (κ3) is 1.72. The molecule has 106 valence electrons. The summed E-state index contributed by atoms with van der Waals surface area (Å²) in [7, 11) is 0. The number of anilines is 1. The quantitative estimate of drug-likeness (QED) is 0.920. The molecule has 4 rings (SSSR count). The van der Waals surface area contributed by atoms with E-state index in [1.807, 2.05) is 0 Å². The van der Waals surface area contributed by atoms with Crippen LogP contribution in [0.2, 0.25) is 0 Å². The third-order valence-corrected chi connectivity index (χ3v) is 5.85. The zero-order valence-electron chi connectivity index (χ0n) is 11.9. The molecule has 0 radical (unpaired) electrons. The molecule has 0 aromatic carbocycles. The Morgan fingerprint density at radius 3 is 2.75 bits per heavy atom.